The Kier molecular flexibility index (Phi) is 7.50. The summed E-state index contributed by atoms with van der Waals surface area (Å²) in [5.74, 6) is 0. The normalized spacial score (nSPS) is 24.4. The first-order valence-electron chi connectivity index (χ1n) is 9.82. The quantitative estimate of drug-likeness (QED) is 0.713. The van der Waals surface area contributed by atoms with Crippen molar-refractivity contribution >= 4 is 0 Å². The summed E-state index contributed by atoms with van der Waals surface area (Å²) in [6.07, 6.45) is 2.71. The van der Waals surface area contributed by atoms with Gasteiger partial charge in [0.1, 0.15) is 0 Å². The van der Waals surface area contributed by atoms with Gasteiger partial charge in [-0.3, -0.25) is 4.90 Å². The molecule has 2 rings (SSSR count). The molecule has 0 atom stereocenters. The first kappa shape index (κ1) is 20.1. The van der Waals surface area contributed by atoms with E-state index in [1.54, 1.807) is 0 Å². The molecule has 0 aliphatic carbocycles. The first-order valence-corrected chi connectivity index (χ1v) is 9.82. The molecule has 2 aliphatic rings. The Morgan fingerprint density at radius 3 is 2.08 bits per heavy atom. The molecule has 24 heavy (non-hydrogen) atoms. The molecule has 0 unspecified atom stereocenters. The predicted octanol–water partition coefficient (Wildman–Crippen LogP) is 1.66. The number of hydrogen-bond acceptors (Lipinski definition) is 5. The second-order valence-electron chi connectivity index (χ2n) is 8.56. The summed E-state index contributed by atoms with van der Waals surface area (Å²) >= 11 is 0. The number of ether oxygens (including phenoxy) is 1. The smallest absolute Gasteiger partial charge is 0.0904 e. The van der Waals surface area contributed by atoms with Gasteiger partial charge in [-0.15, -0.1) is 0 Å². The van der Waals surface area contributed by atoms with Crippen molar-refractivity contribution in [2.75, 3.05) is 65.6 Å². The van der Waals surface area contributed by atoms with E-state index in [1.807, 2.05) is 0 Å². The summed E-state index contributed by atoms with van der Waals surface area (Å²) in [5, 5.41) is 10.7. The third kappa shape index (κ3) is 6.26. The number of piperazine rings is 1. The lowest BCUT2D eigenvalue weighted by Crippen LogP contribution is -2.53. The third-order valence-corrected chi connectivity index (χ3v) is 5.69. The van der Waals surface area contributed by atoms with Crippen molar-refractivity contribution < 1.29 is 9.84 Å². The Labute approximate surface area is 148 Å². The fraction of sp³-hybridized carbons (Fsp3) is 1.00. The van der Waals surface area contributed by atoms with Crippen molar-refractivity contribution in [2.24, 2.45) is 0 Å². The summed E-state index contributed by atoms with van der Waals surface area (Å²) < 4.78 is 5.82. The summed E-state index contributed by atoms with van der Waals surface area (Å²) in [7, 11) is 0. The maximum Gasteiger partial charge on any atom is 0.0904 e. The second-order valence-corrected chi connectivity index (χ2v) is 8.56. The monoisotopic (exact) mass is 341 g/mol. The van der Waals surface area contributed by atoms with Crippen LogP contribution in [-0.4, -0.2) is 96.5 Å². The molecule has 142 valence electrons. The molecular formula is C19H39N3O2. The predicted molar refractivity (Wildman–Crippen MR) is 99.5 cm³/mol. The minimum atomic E-state index is -0.617. The van der Waals surface area contributed by atoms with Crippen LogP contribution >= 0.6 is 0 Å². The Morgan fingerprint density at radius 1 is 0.958 bits per heavy atom. The lowest BCUT2D eigenvalue weighted by molar-refractivity contribution is -0.0925. The average molecular weight is 342 g/mol. The Hall–Kier alpha value is -0.200. The van der Waals surface area contributed by atoms with E-state index < -0.39 is 5.60 Å². The molecule has 2 aliphatic heterocycles. The Morgan fingerprint density at radius 2 is 1.54 bits per heavy atom. The highest BCUT2D eigenvalue weighted by molar-refractivity contribution is 4.90. The lowest BCUT2D eigenvalue weighted by Gasteiger charge is -2.44. The molecule has 0 spiro atoms. The second kappa shape index (κ2) is 8.95. The van der Waals surface area contributed by atoms with Gasteiger partial charge in [0.25, 0.3) is 0 Å². The highest BCUT2D eigenvalue weighted by atomic mass is 16.5. The van der Waals surface area contributed by atoms with Crippen LogP contribution in [0, 0.1) is 0 Å². The van der Waals surface area contributed by atoms with E-state index in [-0.39, 0.29) is 5.54 Å². The van der Waals surface area contributed by atoms with Crippen molar-refractivity contribution in [2.45, 2.75) is 58.1 Å². The summed E-state index contributed by atoms with van der Waals surface area (Å²) in [6.45, 7) is 19.2. The van der Waals surface area contributed by atoms with E-state index in [9.17, 15) is 5.11 Å². The highest BCUT2D eigenvalue weighted by Crippen LogP contribution is 2.27. The minimum absolute atomic E-state index is 0.198. The van der Waals surface area contributed by atoms with Crippen LogP contribution in [0.3, 0.4) is 0 Å². The number of rotatable bonds is 7. The number of likely N-dealkylation sites (N-methyl/N-ethyl adjacent to an activating group) is 1. The Balaban J connectivity index is 1.55. The summed E-state index contributed by atoms with van der Waals surface area (Å²) in [5.41, 5.74) is -0.418. The molecule has 2 fully saturated rings. The van der Waals surface area contributed by atoms with Gasteiger partial charge in [0.2, 0.25) is 0 Å². The molecule has 0 saturated carbocycles. The topological polar surface area (TPSA) is 39.2 Å². The molecule has 0 aromatic carbocycles. The standard InChI is InChI=1S/C19H39N3O2/c1-5-20-12-14-21(15-13-20)9-6-16-24-17-19(23)7-10-22(11-8-19)18(2,3)4/h23H,5-17H2,1-4H3. The number of likely N-dealkylation sites (tertiary alicyclic amines) is 1. The van der Waals surface area contributed by atoms with E-state index in [4.69, 9.17) is 4.74 Å². The zero-order valence-electron chi connectivity index (χ0n) is 16.4. The molecule has 0 bridgehead atoms. The van der Waals surface area contributed by atoms with Crippen molar-refractivity contribution in [3.05, 3.63) is 0 Å². The van der Waals surface area contributed by atoms with Gasteiger partial charge in [0.15, 0.2) is 0 Å². The number of hydrogen-bond donors (Lipinski definition) is 1. The van der Waals surface area contributed by atoms with Crippen LogP contribution in [0.5, 0.6) is 0 Å². The van der Waals surface area contributed by atoms with Crippen LogP contribution in [-0.2, 0) is 4.74 Å². The fourth-order valence-electron chi connectivity index (χ4n) is 3.72. The van der Waals surface area contributed by atoms with Gasteiger partial charge in [-0.05, 0) is 46.6 Å². The van der Waals surface area contributed by atoms with Gasteiger partial charge >= 0.3 is 0 Å². The van der Waals surface area contributed by atoms with Crippen molar-refractivity contribution in [3.8, 4) is 0 Å². The summed E-state index contributed by atoms with van der Waals surface area (Å²) in [6, 6.07) is 0. The van der Waals surface area contributed by atoms with Gasteiger partial charge in [-0.25, -0.2) is 0 Å². The summed E-state index contributed by atoms with van der Waals surface area (Å²) in [4.78, 5) is 7.50. The van der Waals surface area contributed by atoms with Gasteiger partial charge in [-0.2, -0.15) is 0 Å². The molecule has 2 saturated heterocycles. The zero-order chi connectivity index (χ0) is 17.6. The van der Waals surface area contributed by atoms with Crippen molar-refractivity contribution in [1.82, 2.24) is 14.7 Å². The van der Waals surface area contributed by atoms with Crippen molar-refractivity contribution in [3.63, 3.8) is 0 Å². The maximum atomic E-state index is 10.7. The molecule has 2 heterocycles. The van der Waals surface area contributed by atoms with Gasteiger partial charge in [-0.1, -0.05) is 6.92 Å². The minimum Gasteiger partial charge on any atom is -0.387 e. The fourth-order valence-corrected chi connectivity index (χ4v) is 3.72. The molecule has 0 aromatic heterocycles. The zero-order valence-corrected chi connectivity index (χ0v) is 16.4. The highest BCUT2D eigenvalue weighted by Gasteiger charge is 2.35. The van der Waals surface area contributed by atoms with Gasteiger partial charge < -0.3 is 19.6 Å². The van der Waals surface area contributed by atoms with Crippen LogP contribution in [0.15, 0.2) is 0 Å². The molecule has 1 N–H and O–H groups in total. The van der Waals surface area contributed by atoms with Crippen LogP contribution in [0.25, 0.3) is 0 Å². The number of aliphatic hydroxyl groups is 1. The molecule has 0 aromatic rings. The number of piperidine rings is 1. The molecule has 0 radical (unpaired) electrons. The lowest BCUT2D eigenvalue weighted by atomic mass is 9.89. The molecular weight excluding hydrogens is 302 g/mol. The largest absolute Gasteiger partial charge is 0.387 e. The van der Waals surface area contributed by atoms with Crippen LogP contribution in [0.4, 0.5) is 0 Å². The van der Waals surface area contributed by atoms with E-state index in [2.05, 4.69) is 42.4 Å². The van der Waals surface area contributed by atoms with E-state index in [0.29, 0.717) is 6.61 Å². The molecule has 0 amide bonds. The van der Waals surface area contributed by atoms with Crippen LogP contribution in [0.1, 0.15) is 47.0 Å². The van der Waals surface area contributed by atoms with Gasteiger partial charge in [0, 0.05) is 58.0 Å². The third-order valence-electron chi connectivity index (χ3n) is 5.69. The first-order chi connectivity index (χ1) is 11.3. The van der Waals surface area contributed by atoms with E-state index >= 15 is 0 Å². The van der Waals surface area contributed by atoms with Crippen LogP contribution < -0.4 is 0 Å². The van der Waals surface area contributed by atoms with E-state index in [0.717, 1.165) is 45.5 Å². The Bertz CT molecular complexity index is 354. The average Bonchev–Trinajstić information content (AvgIpc) is 2.54. The molecule has 5 heteroatoms. The SMILES string of the molecule is CCN1CCN(CCCOCC2(O)CCN(C(C)(C)C)CC2)CC1. The van der Waals surface area contributed by atoms with E-state index in [1.165, 1.54) is 32.7 Å². The number of nitrogens with zero attached hydrogens (tertiary/aromatic N) is 3. The molecule has 5 nitrogen and oxygen atoms in total. The van der Waals surface area contributed by atoms with Gasteiger partial charge in [0.05, 0.1) is 12.2 Å². The maximum absolute atomic E-state index is 10.7. The van der Waals surface area contributed by atoms with Crippen molar-refractivity contribution in [1.29, 1.82) is 0 Å². The van der Waals surface area contributed by atoms with Crippen LogP contribution in [0.2, 0.25) is 0 Å².